The van der Waals surface area contributed by atoms with Crippen LogP contribution in [0.1, 0.15) is 46.9 Å². The first-order valence-electron chi connectivity index (χ1n) is 13.9. The zero-order valence-electron chi connectivity index (χ0n) is 23.4. The van der Waals surface area contributed by atoms with Crippen molar-refractivity contribution in [2.24, 2.45) is 4.99 Å². The van der Waals surface area contributed by atoms with Crippen LogP contribution in [0.5, 0.6) is 5.75 Å². The molecular formula is C30H29FN6O4S. The van der Waals surface area contributed by atoms with Gasteiger partial charge in [-0.15, -0.1) is 11.3 Å². The predicted molar refractivity (Wildman–Crippen MR) is 156 cm³/mol. The molecule has 42 heavy (non-hydrogen) atoms. The number of nitrogens with one attached hydrogen (secondary N) is 1. The summed E-state index contributed by atoms with van der Waals surface area (Å²) >= 11 is 1.48. The number of hydrogen-bond acceptors (Lipinski definition) is 9. The molecule has 10 nitrogen and oxygen atoms in total. The zero-order chi connectivity index (χ0) is 29.1. The van der Waals surface area contributed by atoms with E-state index >= 15 is 0 Å². The summed E-state index contributed by atoms with van der Waals surface area (Å²) in [6, 6.07) is 3.71. The maximum absolute atomic E-state index is 14.9. The maximum Gasteiger partial charge on any atom is 0.227 e. The van der Waals surface area contributed by atoms with E-state index in [1.165, 1.54) is 30.6 Å². The Kier molecular flexibility index (Phi) is 6.45. The average Bonchev–Trinajstić information content (AvgIpc) is 3.66. The van der Waals surface area contributed by atoms with Gasteiger partial charge in [-0.05, 0) is 50.5 Å². The van der Waals surface area contributed by atoms with Crippen LogP contribution >= 0.6 is 11.3 Å². The zero-order valence-corrected chi connectivity index (χ0v) is 24.2. The number of carbonyl (C=O) groups is 2. The monoisotopic (exact) mass is 588 g/mol. The third-order valence-electron chi connectivity index (χ3n) is 8.23. The highest BCUT2D eigenvalue weighted by atomic mass is 32.1. The summed E-state index contributed by atoms with van der Waals surface area (Å²) in [5, 5.41) is 7.72. The lowest BCUT2D eigenvalue weighted by Gasteiger charge is -2.39. The van der Waals surface area contributed by atoms with Gasteiger partial charge in [-0.1, -0.05) is 17.3 Å². The summed E-state index contributed by atoms with van der Waals surface area (Å²) < 4.78 is 25.4. The van der Waals surface area contributed by atoms with Gasteiger partial charge in [0.25, 0.3) is 0 Å². The lowest BCUT2D eigenvalue weighted by Crippen LogP contribution is -2.54. The van der Waals surface area contributed by atoms with Crippen LogP contribution in [0.25, 0.3) is 5.57 Å². The van der Waals surface area contributed by atoms with Crippen LogP contribution in [-0.4, -0.2) is 53.0 Å². The van der Waals surface area contributed by atoms with Crippen LogP contribution in [0.4, 0.5) is 15.2 Å². The van der Waals surface area contributed by atoms with Crippen molar-refractivity contribution in [3.8, 4) is 5.75 Å². The molecule has 0 radical (unpaired) electrons. The molecule has 0 bridgehead atoms. The average molecular weight is 589 g/mol. The number of halogens is 1. The lowest BCUT2D eigenvalue weighted by molar-refractivity contribution is -0.121. The Hall–Kier alpha value is -4.32. The van der Waals surface area contributed by atoms with Gasteiger partial charge in [-0.2, -0.15) is 0 Å². The number of aliphatic imine (C=N–C) groups is 1. The van der Waals surface area contributed by atoms with Crippen molar-refractivity contribution in [2.45, 2.75) is 64.2 Å². The molecule has 2 unspecified atom stereocenters. The second-order valence-electron chi connectivity index (χ2n) is 10.8. The molecule has 216 valence electrons. The van der Waals surface area contributed by atoms with E-state index in [0.29, 0.717) is 37.3 Å². The van der Waals surface area contributed by atoms with E-state index in [0.717, 1.165) is 38.3 Å². The van der Waals surface area contributed by atoms with Gasteiger partial charge in [-0.25, -0.2) is 9.37 Å². The normalized spacial score (nSPS) is 23.4. The van der Waals surface area contributed by atoms with Crippen LogP contribution in [0, 0.1) is 19.7 Å². The van der Waals surface area contributed by atoms with Crippen molar-refractivity contribution in [3.63, 3.8) is 0 Å². The predicted octanol–water partition coefficient (Wildman–Crippen LogP) is 4.26. The first-order chi connectivity index (χ1) is 20.3. The van der Waals surface area contributed by atoms with Crippen LogP contribution in [0.2, 0.25) is 0 Å². The molecule has 12 heteroatoms. The summed E-state index contributed by atoms with van der Waals surface area (Å²) in [6.45, 7) is 4.18. The maximum atomic E-state index is 14.9. The Labute approximate surface area is 245 Å². The molecule has 4 aliphatic rings. The lowest BCUT2D eigenvalue weighted by atomic mass is 9.93. The van der Waals surface area contributed by atoms with Crippen molar-refractivity contribution in [1.29, 1.82) is 0 Å². The molecule has 0 spiro atoms. The molecule has 1 aromatic carbocycles. The largest absolute Gasteiger partial charge is 0.494 e. The van der Waals surface area contributed by atoms with Gasteiger partial charge in [0.1, 0.15) is 11.6 Å². The standard InChI is InChI=1S/C30H29FN6O4S/c1-15-28(16(2)41-35-15)17-7-9-22-20(11-17)33-29(37(22)30-34-21-14-32-26(38)13-25(21)42-30)23-5-4-6-27(39)36(23)18-8-10-24(40-3)19(31)12-18/h7-12,20,22-23H,4-6,13-14H2,1-3H3,(H,32,38)/t20?,22?,23-/m0/s1. The van der Waals surface area contributed by atoms with E-state index in [9.17, 15) is 14.0 Å². The smallest absolute Gasteiger partial charge is 0.227 e. The molecule has 3 aliphatic heterocycles. The van der Waals surface area contributed by atoms with Crippen LogP contribution in [0.3, 0.4) is 0 Å². The Morgan fingerprint density at radius 2 is 2.07 bits per heavy atom. The number of carbonyl (C=O) groups excluding carboxylic acids is 2. The molecule has 3 aromatic rings. The minimum atomic E-state index is -0.536. The van der Waals surface area contributed by atoms with E-state index in [4.69, 9.17) is 19.2 Å². The summed E-state index contributed by atoms with van der Waals surface area (Å²) in [4.78, 5) is 40.5. The summed E-state index contributed by atoms with van der Waals surface area (Å²) in [6.07, 6.45) is 8.26. The Bertz CT molecular complexity index is 1690. The molecule has 5 heterocycles. The number of thiazole rings is 1. The second-order valence-corrected chi connectivity index (χ2v) is 11.9. The molecule has 1 aliphatic carbocycles. The summed E-state index contributed by atoms with van der Waals surface area (Å²) in [5.74, 6) is 0.886. The molecule has 2 amide bonds. The molecule has 3 atom stereocenters. The van der Waals surface area contributed by atoms with Crippen LogP contribution in [-0.2, 0) is 22.6 Å². The van der Waals surface area contributed by atoms with E-state index in [1.807, 2.05) is 13.8 Å². The van der Waals surface area contributed by atoms with Crippen molar-refractivity contribution in [1.82, 2.24) is 15.5 Å². The van der Waals surface area contributed by atoms with Gasteiger partial charge in [0.05, 0.1) is 49.6 Å². The van der Waals surface area contributed by atoms with Crippen molar-refractivity contribution in [2.75, 3.05) is 16.9 Å². The number of anilines is 2. The third-order valence-corrected chi connectivity index (χ3v) is 9.33. The second kappa shape index (κ2) is 10.2. The summed E-state index contributed by atoms with van der Waals surface area (Å²) in [5.41, 5.74) is 4.02. The number of rotatable bonds is 5. The fourth-order valence-corrected chi connectivity index (χ4v) is 7.42. The van der Waals surface area contributed by atoms with E-state index in [-0.39, 0.29) is 36.1 Å². The number of ether oxygens (including phenoxy) is 1. The van der Waals surface area contributed by atoms with Gasteiger partial charge in [0, 0.05) is 28.6 Å². The highest BCUT2D eigenvalue weighted by Crippen LogP contribution is 2.41. The minimum absolute atomic E-state index is 0.0268. The topological polar surface area (TPSA) is 113 Å². The van der Waals surface area contributed by atoms with Gasteiger partial charge >= 0.3 is 0 Å². The van der Waals surface area contributed by atoms with Crippen molar-refractivity contribution >= 4 is 45.4 Å². The number of piperidine rings is 1. The molecule has 1 N–H and O–H groups in total. The SMILES string of the molecule is COc1ccc(N2C(=O)CCC[C@H]2C2=NC3C=C(c4c(C)noc4C)C=CC3N2c2nc3c(s2)CC(=O)NC3)cc1F. The molecule has 1 saturated heterocycles. The Morgan fingerprint density at radius 1 is 1.21 bits per heavy atom. The number of amides is 2. The Morgan fingerprint density at radius 3 is 2.83 bits per heavy atom. The minimum Gasteiger partial charge on any atom is -0.494 e. The van der Waals surface area contributed by atoms with E-state index < -0.39 is 11.9 Å². The number of amidine groups is 1. The fourth-order valence-electron chi connectivity index (χ4n) is 6.29. The fraction of sp³-hybridized carbons (Fsp3) is 0.367. The first kappa shape index (κ1) is 26.6. The number of benzene rings is 1. The van der Waals surface area contributed by atoms with E-state index in [1.54, 1.807) is 11.0 Å². The number of nitrogens with zero attached hydrogens (tertiary/aromatic N) is 5. The molecule has 1 fully saturated rings. The number of fused-ring (bicyclic) bond motifs is 2. The molecule has 7 rings (SSSR count). The highest BCUT2D eigenvalue weighted by molar-refractivity contribution is 7.16. The Balaban J connectivity index is 1.33. The van der Waals surface area contributed by atoms with Gasteiger partial charge in [-0.3, -0.25) is 19.5 Å². The summed E-state index contributed by atoms with van der Waals surface area (Å²) in [7, 11) is 1.41. The van der Waals surface area contributed by atoms with Gasteiger partial charge in [0.15, 0.2) is 16.7 Å². The van der Waals surface area contributed by atoms with E-state index in [2.05, 4.69) is 33.6 Å². The first-order valence-corrected chi connectivity index (χ1v) is 14.7. The van der Waals surface area contributed by atoms with Crippen LogP contribution < -0.4 is 19.9 Å². The van der Waals surface area contributed by atoms with Gasteiger partial charge < -0.3 is 19.5 Å². The number of aryl methyl sites for hydroxylation is 2. The number of allylic oxidation sites excluding steroid dienone is 2. The number of hydrogen-bond donors (Lipinski definition) is 1. The number of methoxy groups -OCH3 is 1. The highest BCUT2D eigenvalue weighted by Gasteiger charge is 2.45. The van der Waals surface area contributed by atoms with Gasteiger partial charge in [0.2, 0.25) is 11.8 Å². The van der Waals surface area contributed by atoms with Crippen LogP contribution in [0.15, 0.2) is 45.9 Å². The third kappa shape index (κ3) is 4.32. The quantitative estimate of drug-likeness (QED) is 0.474. The molecule has 2 aromatic heterocycles. The van der Waals surface area contributed by atoms with Crippen molar-refractivity contribution < 1.29 is 23.2 Å². The molecule has 0 saturated carbocycles. The van der Waals surface area contributed by atoms with Crippen molar-refractivity contribution in [3.05, 3.63) is 69.8 Å². The molecular weight excluding hydrogens is 559 g/mol. The number of aromatic nitrogens is 2.